The second-order valence-electron chi connectivity index (χ2n) is 3.62. The highest BCUT2D eigenvalue weighted by Crippen LogP contribution is 2.10. The third kappa shape index (κ3) is 5.64. The van der Waals surface area contributed by atoms with Crippen LogP contribution in [0.3, 0.4) is 0 Å². The van der Waals surface area contributed by atoms with Crippen molar-refractivity contribution >= 4 is 23.2 Å². The Morgan fingerprint density at radius 1 is 1.35 bits per heavy atom. The van der Waals surface area contributed by atoms with Gasteiger partial charge >= 0.3 is 5.97 Å². The molecule has 1 heterocycles. The summed E-state index contributed by atoms with van der Waals surface area (Å²) in [5.41, 5.74) is 0.204. The highest BCUT2D eigenvalue weighted by Gasteiger charge is 2.15. The molecule has 20 heavy (non-hydrogen) atoms. The molecule has 1 N–H and O–H groups in total. The van der Waals surface area contributed by atoms with E-state index in [1.165, 1.54) is 5.38 Å². The molecule has 1 aromatic heterocycles. The second kappa shape index (κ2) is 9.40. The molecule has 8 heteroatoms. The molecule has 7 nitrogen and oxygen atoms in total. The lowest BCUT2D eigenvalue weighted by Crippen LogP contribution is -2.28. The number of amides is 1. The van der Waals surface area contributed by atoms with E-state index in [-0.39, 0.29) is 23.2 Å². The van der Waals surface area contributed by atoms with Gasteiger partial charge in [-0.25, -0.2) is 9.78 Å². The van der Waals surface area contributed by atoms with Crippen molar-refractivity contribution in [1.29, 1.82) is 0 Å². The van der Waals surface area contributed by atoms with Gasteiger partial charge in [-0.15, -0.1) is 11.3 Å². The molecule has 0 unspecified atom stereocenters. The Labute approximate surface area is 121 Å². The number of carbonyl (C=O) groups excluding carboxylic acids is 2. The van der Waals surface area contributed by atoms with E-state index in [0.717, 1.165) is 11.3 Å². The summed E-state index contributed by atoms with van der Waals surface area (Å²) in [6, 6.07) is 0. The van der Waals surface area contributed by atoms with Gasteiger partial charge in [-0.2, -0.15) is 0 Å². The first kappa shape index (κ1) is 16.5. The zero-order valence-electron chi connectivity index (χ0n) is 11.5. The van der Waals surface area contributed by atoms with E-state index in [4.69, 9.17) is 14.2 Å². The van der Waals surface area contributed by atoms with Crippen molar-refractivity contribution in [2.24, 2.45) is 0 Å². The summed E-state index contributed by atoms with van der Waals surface area (Å²) in [4.78, 5) is 27.1. The Hall–Kier alpha value is -1.51. The van der Waals surface area contributed by atoms with Gasteiger partial charge in [-0.3, -0.25) is 4.79 Å². The molecule has 0 radical (unpaired) electrons. The Balaban J connectivity index is 2.31. The molecule has 1 aromatic rings. The summed E-state index contributed by atoms with van der Waals surface area (Å²) in [6.07, 6.45) is 0. The number of esters is 1. The molecule has 0 fully saturated rings. The van der Waals surface area contributed by atoms with Gasteiger partial charge < -0.3 is 19.5 Å². The second-order valence-corrected chi connectivity index (χ2v) is 4.48. The fourth-order valence-corrected chi connectivity index (χ4v) is 1.93. The van der Waals surface area contributed by atoms with Crippen LogP contribution in [0.25, 0.3) is 0 Å². The third-order valence-corrected chi connectivity index (χ3v) is 2.97. The molecule has 1 amide bonds. The molecule has 0 atom stereocenters. The van der Waals surface area contributed by atoms with Gasteiger partial charge in [0.2, 0.25) is 5.01 Å². The number of thiazole rings is 1. The van der Waals surface area contributed by atoms with Crippen LogP contribution >= 0.6 is 11.3 Å². The van der Waals surface area contributed by atoms with Gasteiger partial charge in [-0.1, -0.05) is 0 Å². The van der Waals surface area contributed by atoms with Crippen LogP contribution in [-0.2, 0) is 14.2 Å². The third-order valence-electron chi connectivity index (χ3n) is 2.15. The van der Waals surface area contributed by atoms with Gasteiger partial charge in [0.15, 0.2) is 0 Å². The molecule has 0 spiro atoms. The Morgan fingerprint density at radius 3 is 2.85 bits per heavy atom. The fraction of sp³-hybridized carbons (Fsp3) is 0.583. The molecule has 0 aliphatic heterocycles. The number of carbonyl (C=O) groups is 2. The zero-order chi connectivity index (χ0) is 14.8. The molecule has 1 rings (SSSR count). The molecule has 0 aromatic carbocycles. The van der Waals surface area contributed by atoms with Crippen molar-refractivity contribution in [2.75, 3.05) is 40.1 Å². The minimum atomic E-state index is -0.514. The summed E-state index contributed by atoms with van der Waals surface area (Å²) in [7, 11) is 1.59. The van der Waals surface area contributed by atoms with E-state index in [9.17, 15) is 9.59 Å². The van der Waals surface area contributed by atoms with Crippen LogP contribution in [0, 0.1) is 0 Å². The zero-order valence-corrected chi connectivity index (χ0v) is 12.3. The number of rotatable bonds is 9. The van der Waals surface area contributed by atoms with Crippen LogP contribution < -0.4 is 5.32 Å². The lowest BCUT2D eigenvalue weighted by molar-refractivity contribution is 0.0526. The summed E-state index contributed by atoms with van der Waals surface area (Å²) >= 11 is 1.08. The van der Waals surface area contributed by atoms with Gasteiger partial charge in [0.1, 0.15) is 5.69 Å². The van der Waals surface area contributed by atoms with Crippen molar-refractivity contribution in [2.45, 2.75) is 6.92 Å². The molecule has 0 aliphatic rings. The number of aromatic nitrogens is 1. The highest BCUT2D eigenvalue weighted by atomic mass is 32.1. The lowest BCUT2D eigenvalue weighted by atomic mass is 10.4. The summed E-state index contributed by atoms with van der Waals surface area (Å²) < 4.78 is 14.8. The standard InChI is InChI=1S/C12H18N2O5S/c1-3-19-12(16)11-14-9(8-20-11)10(15)13-4-5-18-7-6-17-2/h8H,3-7H2,1-2H3,(H,13,15). The highest BCUT2D eigenvalue weighted by molar-refractivity contribution is 7.11. The Morgan fingerprint density at radius 2 is 2.15 bits per heavy atom. The number of nitrogens with zero attached hydrogens (tertiary/aromatic N) is 1. The van der Waals surface area contributed by atoms with Gasteiger partial charge in [-0.05, 0) is 6.92 Å². The maximum Gasteiger partial charge on any atom is 0.367 e. The number of hydrogen-bond donors (Lipinski definition) is 1. The van der Waals surface area contributed by atoms with Crippen molar-refractivity contribution in [3.8, 4) is 0 Å². The first-order chi connectivity index (χ1) is 9.69. The minimum absolute atomic E-state index is 0.174. The minimum Gasteiger partial charge on any atom is -0.461 e. The van der Waals surface area contributed by atoms with Crippen LogP contribution in [0.15, 0.2) is 5.38 Å². The van der Waals surface area contributed by atoms with E-state index < -0.39 is 5.97 Å². The lowest BCUT2D eigenvalue weighted by Gasteiger charge is -2.04. The smallest absolute Gasteiger partial charge is 0.367 e. The van der Waals surface area contributed by atoms with Crippen molar-refractivity contribution in [1.82, 2.24) is 10.3 Å². The van der Waals surface area contributed by atoms with Crippen LogP contribution in [0.1, 0.15) is 27.2 Å². The van der Waals surface area contributed by atoms with Crippen LogP contribution in [0.5, 0.6) is 0 Å². The first-order valence-electron chi connectivity index (χ1n) is 6.16. The van der Waals surface area contributed by atoms with Gasteiger partial charge in [0.05, 0.1) is 26.4 Å². The maximum atomic E-state index is 11.7. The van der Waals surface area contributed by atoms with Crippen LogP contribution in [-0.4, -0.2) is 56.9 Å². The van der Waals surface area contributed by atoms with Crippen LogP contribution in [0.2, 0.25) is 0 Å². The Kier molecular flexibility index (Phi) is 7.78. The van der Waals surface area contributed by atoms with Crippen molar-refractivity contribution in [3.63, 3.8) is 0 Å². The molecule has 112 valence electrons. The number of nitrogens with one attached hydrogen (secondary N) is 1. The van der Waals surface area contributed by atoms with E-state index in [0.29, 0.717) is 26.4 Å². The predicted molar refractivity (Wildman–Crippen MR) is 73.1 cm³/mol. The van der Waals surface area contributed by atoms with Gasteiger partial charge in [0.25, 0.3) is 5.91 Å². The molecule has 0 bridgehead atoms. The quantitative estimate of drug-likeness (QED) is 0.534. The largest absolute Gasteiger partial charge is 0.461 e. The van der Waals surface area contributed by atoms with Gasteiger partial charge in [0, 0.05) is 19.0 Å². The molecular weight excluding hydrogens is 284 g/mol. The fourth-order valence-electron chi connectivity index (χ4n) is 1.24. The first-order valence-corrected chi connectivity index (χ1v) is 7.04. The summed E-state index contributed by atoms with van der Waals surface area (Å²) in [6.45, 7) is 3.75. The maximum absolute atomic E-state index is 11.7. The average molecular weight is 302 g/mol. The topological polar surface area (TPSA) is 86.8 Å². The normalized spacial score (nSPS) is 10.3. The number of hydrogen-bond acceptors (Lipinski definition) is 7. The summed E-state index contributed by atoms with van der Waals surface area (Å²) in [5, 5.41) is 4.34. The van der Waals surface area contributed by atoms with Crippen LogP contribution in [0.4, 0.5) is 0 Å². The predicted octanol–water partition coefficient (Wildman–Crippen LogP) is 0.713. The van der Waals surface area contributed by atoms with E-state index in [1.54, 1.807) is 14.0 Å². The van der Waals surface area contributed by atoms with Crippen molar-refractivity contribution < 1.29 is 23.8 Å². The molecular formula is C12H18N2O5S. The van der Waals surface area contributed by atoms with E-state index in [1.807, 2.05) is 0 Å². The van der Waals surface area contributed by atoms with E-state index in [2.05, 4.69) is 10.3 Å². The monoisotopic (exact) mass is 302 g/mol. The number of ether oxygens (including phenoxy) is 3. The Bertz CT molecular complexity index is 435. The number of methoxy groups -OCH3 is 1. The SMILES string of the molecule is CCOC(=O)c1nc(C(=O)NCCOCCOC)cs1. The van der Waals surface area contributed by atoms with E-state index >= 15 is 0 Å². The molecule has 0 saturated heterocycles. The molecule has 0 saturated carbocycles. The average Bonchev–Trinajstić information content (AvgIpc) is 2.92. The molecule has 0 aliphatic carbocycles. The van der Waals surface area contributed by atoms with Crippen molar-refractivity contribution in [3.05, 3.63) is 16.1 Å². The summed E-state index contributed by atoms with van der Waals surface area (Å²) in [5.74, 6) is -0.855.